The van der Waals surface area contributed by atoms with Gasteiger partial charge in [0.05, 0.1) is 11.3 Å². The molecule has 0 saturated heterocycles. The molecule has 2 heterocycles. The minimum absolute atomic E-state index is 0.0463. The van der Waals surface area contributed by atoms with Gasteiger partial charge in [0.1, 0.15) is 5.65 Å². The van der Waals surface area contributed by atoms with E-state index in [1.165, 1.54) is 12.8 Å². The second kappa shape index (κ2) is 7.31. The first kappa shape index (κ1) is 16.2. The van der Waals surface area contributed by atoms with E-state index < -0.39 is 0 Å². The van der Waals surface area contributed by atoms with Crippen molar-refractivity contribution in [1.29, 1.82) is 0 Å². The van der Waals surface area contributed by atoms with E-state index in [1.54, 1.807) is 11.8 Å². The van der Waals surface area contributed by atoms with Crippen LogP contribution in [0.25, 0.3) is 5.65 Å². The Morgan fingerprint density at radius 3 is 2.80 bits per heavy atom. The fraction of sp³-hybridized carbons (Fsp3) is 0.300. The van der Waals surface area contributed by atoms with Crippen molar-refractivity contribution in [3.05, 3.63) is 66.1 Å². The van der Waals surface area contributed by atoms with Crippen molar-refractivity contribution in [2.45, 2.75) is 42.4 Å². The summed E-state index contributed by atoms with van der Waals surface area (Å²) in [6, 6.07) is 14.2. The Balaban J connectivity index is 1.47. The lowest BCUT2D eigenvalue weighted by Gasteiger charge is -2.14. The highest BCUT2D eigenvalue weighted by atomic mass is 32.2. The number of rotatable bonds is 5. The number of nitrogens with zero attached hydrogens (tertiary/aromatic N) is 2. The quantitative estimate of drug-likeness (QED) is 0.697. The van der Waals surface area contributed by atoms with Gasteiger partial charge in [-0.2, -0.15) is 0 Å². The molecule has 0 spiro atoms. The molecule has 128 valence electrons. The summed E-state index contributed by atoms with van der Waals surface area (Å²) in [5, 5.41) is 3.18. The highest BCUT2D eigenvalue weighted by Crippen LogP contribution is 2.27. The summed E-state index contributed by atoms with van der Waals surface area (Å²) < 4.78 is 2.02. The lowest BCUT2D eigenvalue weighted by molar-refractivity contribution is 0.0935. The van der Waals surface area contributed by atoms with E-state index in [0.29, 0.717) is 6.04 Å². The first-order valence-electron chi connectivity index (χ1n) is 8.75. The summed E-state index contributed by atoms with van der Waals surface area (Å²) in [4.78, 5) is 18.3. The lowest BCUT2D eigenvalue weighted by Crippen LogP contribution is -2.32. The second-order valence-corrected chi connectivity index (χ2v) is 7.46. The van der Waals surface area contributed by atoms with Gasteiger partial charge in [0, 0.05) is 29.1 Å². The molecule has 1 aliphatic carbocycles. The Bertz CT molecular complexity index is 850. The maximum Gasteiger partial charge on any atom is 0.252 e. The number of hydrogen-bond acceptors (Lipinski definition) is 3. The van der Waals surface area contributed by atoms with Crippen LogP contribution in [0.3, 0.4) is 0 Å². The van der Waals surface area contributed by atoms with Crippen LogP contribution in [0, 0.1) is 0 Å². The summed E-state index contributed by atoms with van der Waals surface area (Å²) >= 11 is 1.66. The van der Waals surface area contributed by atoms with E-state index in [4.69, 9.17) is 0 Å². The first-order valence-corrected chi connectivity index (χ1v) is 9.73. The highest BCUT2D eigenvalue weighted by molar-refractivity contribution is 7.98. The number of benzene rings is 1. The Morgan fingerprint density at radius 1 is 1.16 bits per heavy atom. The first-order chi connectivity index (χ1) is 12.3. The topological polar surface area (TPSA) is 46.4 Å². The number of thioether (sulfide) groups is 1. The molecule has 0 unspecified atom stereocenters. The third-order valence-corrected chi connectivity index (χ3v) is 5.72. The van der Waals surface area contributed by atoms with Crippen molar-refractivity contribution < 1.29 is 4.79 Å². The van der Waals surface area contributed by atoms with Gasteiger partial charge in [0.25, 0.3) is 5.91 Å². The molecule has 2 aromatic heterocycles. The standard InChI is InChI=1S/C20H21N3OS/c24-20(22-15-7-1-2-8-15)17-9-3-4-10-18(17)25-14-16-13-23-12-6-5-11-19(23)21-16/h3-6,9-13,15H,1-2,7-8,14H2,(H,22,24). The predicted octanol–water partition coefficient (Wildman–Crippen LogP) is 4.30. The molecule has 1 aromatic carbocycles. The maximum atomic E-state index is 12.6. The fourth-order valence-corrected chi connectivity index (χ4v) is 4.26. The zero-order valence-electron chi connectivity index (χ0n) is 14.0. The second-order valence-electron chi connectivity index (χ2n) is 6.44. The van der Waals surface area contributed by atoms with Crippen LogP contribution in [0.15, 0.2) is 59.8 Å². The minimum Gasteiger partial charge on any atom is -0.349 e. The molecular formula is C20H21N3OS. The SMILES string of the molecule is O=C(NC1CCCC1)c1ccccc1SCc1cn2ccccc2n1. The molecule has 5 heteroatoms. The van der Waals surface area contributed by atoms with Crippen molar-refractivity contribution in [3.63, 3.8) is 0 Å². The molecule has 25 heavy (non-hydrogen) atoms. The van der Waals surface area contributed by atoms with Crippen molar-refractivity contribution in [3.8, 4) is 0 Å². The van der Waals surface area contributed by atoms with Gasteiger partial charge in [-0.25, -0.2) is 4.98 Å². The monoisotopic (exact) mass is 351 g/mol. The molecular weight excluding hydrogens is 330 g/mol. The molecule has 1 saturated carbocycles. The van der Waals surface area contributed by atoms with Crippen LogP contribution in [0.5, 0.6) is 0 Å². The molecule has 0 aliphatic heterocycles. The van der Waals surface area contributed by atoms with Crippen LogP contribution in [0.4, 0.5) is 0 Å². The number of carbonyl (C=O) groups is 1. The fourth-order valence-electron chi connectivity index (χ4n) is 3.32. The van der Waals surface area contributed by atoms with E-state index in [-0.39, 0.29) is 5.91 Å². The van der Waals surface area contributed by atoms with Gasteiger partial charge >= 0.3 is 0 Å². The van der Waals surface area contributed by atoms with Gasteiger partial charge < -0.3 is 9.72 Å². The smallest absolute Gasteiger partial charge is 0.252 e. The predicted molar refractivity (Wildman–Crippen MR) is 101 cm³/mol. The Morgan fingerprint density at radius 2 is 1.96 bits per heavy atom. The molecule has 1 aliphatic rings. The third kappa shape index (κ3) is 3.71. The molecule has 0 atom stereocenters. The minimum atomic E-state index is 0.0463. The Hall–Kier alpha value is -2.27. The van der Waals surface area contributed by atoms with Gasteiger partial charge in [-0.1, -0.05) is 31.0 Å². The summed E-state index contributed by atoms with van der Waals surface area (Å²) in [6.45, 7) is 0. The molecule has 4 nitrogen and oxygen atoms in total. The maximum absolute atomic E-state index is 12.6. The molecule has 3 aromatic rings. The van der Waals surface area contributed by atoms with Crippen molar-refractivity contribution in [1.82, 2.24) is 14.7 Å². The molecule has 1 fully saturated rings. The number of fused-ring (bicyclic) bond motifs is 1. The number of hydrogen-bond donors (Lipinski definition) is 1. The number of aromatic nitrogens is 2. The van der Waals surface area contributed by atoms with Crippen LogP contribution in [0.2, 0.25) is 0 Å². The van der Waals surface area contributed by atoms with Crippen LogP contribution in [-0.2, 0) is 5.75 Å². The summed E-state index contributed by atoms with van der Waals surface area (Å²) in [5.41, 5.74) is 2.73. The number of amides is 1. The Kier molecular flexibility index (Phi) is 4.74. The lowest BCUT2D eigenvalue weighted by atomic mass is 10.2. The number of pyridine rings is 1. The molecule has 1 amide bonds. The van der Waals surface area contributed by atoms with Crippen LogP contribution in [-0.4, -0.2) is 21.3 Å². The number of carbonyl (C=O) groups excluding carboxylic acids is 1. The Labute approximate surface area is 151 Å². The highest BCUT2D eigenvalue weighted by Gasteiger charge is 2.19. The van der Waals surface area contributed by atoms with E-state index >= 15 is 0 Å². The molecule has 0 radical (unpaired) electrons. The average Bonchev–Trinajstić information content (AvgIpc) is 3.29. The van der Waals surface area contributed by atoms with Crippen molar-refractivity contribution >= 4 is 23.3 Å². The van der Waals surface area contributed by atoms with E-state index in [1.807, 2.05) is 59.3 Å². The van der Waals surface area contributed by atoms with E-state index in [9.17, 15) is 4.79 Å². The van der Waals surface area contributed by atoms with Gasteiger partial charge in [-0.05, 0) is 37.1 Å². The van der Waals surface area contributed by atoms with Gasteiger partial charge in [0.15, 0.2) is 0 Å². The molecule has 0 bridgehead atoms. The number of nitrogens with one attached hydrogen (secondary N) is 1. The summed E-state index contributed by atoms with van der Waals surface area (Å²) in [6.07, 6.45) is 8.68. The zero-order valence-corrected chi connectivity index (χ0v) is 14.8. The van der Waals surface area contributed by atoms with Gasteiger partial charge in [0.2, 0.25) is 0 Å². The summed E-state index contributed by atoms with van der Waals surface area (Å²) in [5.74, 6) is 0.792. The summed E-state index contributed by atoms with van der Waals surface area (Å²) in [7, 11) is 0. The van der Waals surface area contributed by atoms with E-state index in [2.05, 4.69) is 10.3 Å². The zero-order chi connectivity index (χ0) is 17.1. The van der Waals surface area contributed by atoms with Crippen LogP contribution < -0.4 is 5.32 Å². The largest absolute Gasteiger partial charge is 0.349 e. The molecule has 1 N–H and O–H groups in total. The molecule has 4 rings (SSSR count). The average molecular weight is 351 g/mol. The van der Waals surface area contributed by atoms with Crippen LogP contribution in [0.1, 0.15) is 41.7 Å². The van der Waals surface area contributed by atoms with Crippen LogP contribution >= 0.6 is 11.8 Å². The normalized spacial score (nSPS) is 14.9. The van der Waals surface area contributed by atoms with Crippen molar-refractivity contribution in [2.24, 2.45) is 0 Å². The van der Waals surface area contributed by atoms with Crippen molar-refractivity contribution in [2.75, 3.05) is 0 Å². The van der Waals surface area contributed by atoms with E-state index in [0.717, 1.165) is 40.4 Å². The van der Waals surface area contributed by atoms with Gasteiger partial charge in [-0.15, -0.1) is 11.8 Å². The number of imidazole rings is 1. The van der Waals surface area contributed by atoms with Gasteiger partial charge in [-0.3, -0.25) is 4.79 Å². The third-order valence-electron chi connectivity index (χ3n) is 4.61.